The molecule has 0 saturated carbocycles. The molecule has 0 aliphatic rings. The summed E-state index contributed by atoms with van der Waals surface area (Å²) in [5.74, 6) is -1.15. The van der Waals surface area contributed by atoms with Gasteiger partial charge in [-0.05, 0) is 26.3 Å². The quantitative estimate of drug-likeness (QED) is 0.800. The van der Waals surface area contributed by atoms with E-state index in [1.54, 1.807) is 13.8 Å². The van der Waals surface area contributed by atoms with Gasteiger partial charge >= 0.3 is 11.9 Å². The van der Waals surface area contributed by atoms with Crippen LogP contribution in [0.4, 0.5) is 5.69 Å². The zero-order valence-corrected chi connectivity index (χ0v) is 12.0. The number of hydrogen-bond donors (Lipinski definition) is 1. The first-order valence-corrected chi connectivity index (χ1v) is 6.59. The molecule has 1 unspecified atom stereocenters. The van der Waals surface area contributed by atoms with Crippen LogP contribution in [0.5, 0.6) is 0 Å². The van der Waals surface area contributed by atoms with Crippen LogP contribution in [0.2, 0.25) is 0 Å². The SMILES string of the molecule is CCCC(OC(=O)c1cc(N)cnc1C)C(=O)OCC. The Morgan fingerprint density at radius 3 is 2.70 bits per heavy atom. The van der Waals surface area contributed by atoms with Crippen LogP contribution in [0.15, 0.2) is 12.3 Å². The topological polar surface area (TPSA) is 91.5 Å². The maximum absolute atomic E-state index is 12.1. The molecule has 0 aromatic carbocycles. The van der Waals surface area contributed by atoms with Crippen molar-refractivity contribution in [3.05, 3.63) is 23.5 Å². The smallest absolute Gasteiger partial charge is 0.347 e. The highest BCUT2D eigenvalue weighted by Gasteiger charge is 2.25. The minimum absolute atomic E-state index is 0.246. The van der Waals surface area contributed by atoms with Crippen molar-refractivity contribution >= 4 is 17.6 Å². The van der Waals surface area contributed by atoms with Crippen molar-refractivity contribution in [2.45, 2.75) is 39.7 Å². The molecule has 20 heavy (non-hydrogen) atoms. The highest BCUT2D eigenvalue weighted by Crippen LogP contribution is 2.14. The van der Waals surface area contributed by atoms with Crippen molar-refractivity contribution in [1.29, 1.82) is 0 Å². The molecule has 0 aliphatic carbocycles. The Morgan fingerprint density at radius 1 is 1.40 bits per heavy atom. The number of carbonyl (C=O) groups excluding carboxylic acids is 2. The molecule has 1 atom stereocenters. The zero-order chi connectivity index (χ0) is 15.1. The Labute approximate surface area is 118 Å². The molecule has 0 spiro atoms. The molecule has 0 aliphatic heterocycles. The van der Waals surface area contributed by atoms with E-state index in [9.17, 15) is 9.59 Å². The van der Waals surface area contributed by atoms with Gasteiger partial charge in [-0.3, -0.25) is 4.98 Å². The minimum atomic E-state index is -0.895. The lowest BCUT2D eigenvalue weighted by Gasteiger charge is -2.16. The molecule has 0 saturated heterocycles. The van der Waals surface area contributed by atoms with Crippen LogP contribution in [0.3, 0.4) is 0 Å². The van der Waals surface area contributed by atoms with Crippen LogP contribution in [0.1, 0.15) is 42.7 Å². The molecule has 1 rings (SSSR count). The molecule has 0 amide bonds. The number of carbonyl (C=O) groups is 2. The van der Waals surface area contributed by atoms with Crippen LogP contribution in [0.25, 0.3) is 0 Å². The van der Waals surface area contributed by atoms with E-state index in [1.807, 2.05) is 6.92 Å². The molecule has 0 bridgehead atoms. The van der Waals surface area contributed by atoms with E-state index in [0.717, 1.165) is 0 Å². The number of nitrogens with two attached hydrogens (primary N) is 1. The van der Waals surface area contributed by atoms with Gasteiger partial charge in [-0.2, -0.15) is 0 Å². The van der Waals surface area contributed by atoms with Crippen molar-refractivity contribution in [2.24, 2.45) is 0 Å². The molecule has 1 heterocycles. The summed E-state index contributed by atoms with van der Waals surface area (Å²) in [5, 5.41) is 0. The third-order valence-corrected chi connectivity index (χ3v) is 2.68. The summed E-state index contributed by atoms with van der Waals surface area (Å²) >= 11 is 0. The van der Waals surface area contributed by atoms with Gasteiger partial charge in [0.2, 0.25) is 0 Å². The lowest BCUT2D eigenvalue weighted by atomic mass is 10.2. The van der Waals surface area contributed by atoms with Crippen LogP contribution in [0, 0.1) is 6.92 Å². The monoisotopic (exact) mass is 280 g/mol. The van der Waals surface area contributed by atoms with Gasteiger partial charge < -0.3 is 15.2 Å². The minimum Gasteiger partial charge on any atom is -0.463 e. The Kier molecular flexibility index (Phi) is 5.96. The van der Waals surface area contributed by atoms with Gasteiger partial charge in [0.05, 0.1) is 29.7 Å². The molecule has 0 fully saturated rings. The van der Waals surface area contributed by atoms with Crippen LogP contribution in [-0.2, 0) is 14.3 Å². The Morgan fingerprint density at radius 2 is 2.10 bits per heavy atom. The standard InChI is InChI=1S/C14H20N2O4/c1-4-6-12(14(18)19-5-2)20-13(17)11-7-10(15)8-16-9(11)3/h7-8,12H,4-6,15H2,1-3H3. The number of rotatable bonds is 6. The van der Waals surface area contributed by atoms with Gasteiger partial charge in [0, 0.05) is 0 Å². The number of esters is 2. The maximum atomic E-state index is 12.1. The van der Waals surface area contributed by atoms with Gasteiger partial charge in [-0.1, -0.05) is 13.3 Å². The number of anilines is 1. The summed E-state index contributed by atoms with van der Waals surface area (Å²) in [6.45, 7) is 5.52. The molecular weight excluding hydrogens is 260 g/mol. The number of hydrogen-bond acceptors (Lipinski definition) is 6. The first kappa shape index (κ1) is 15.9. The van der Waals surface area contributed by atoms with E-state index < -0.39 is 18.0 Å². The van der Waals surface area contributed by atoms with Gasteiger partial charge in [0.1, 0.15) is 0 Å². The van der Waals surface area contributed by atoms with Crippen molar-refractivity contribution in [3.8, 4) is 0 Å². The van der Waals surface area contributed by atoms with Crippen molar-refractivity contribution < 1.29 is 19.1 Å². The molecule has 1 aromatic heterocycles. The Bertz CT molecular complexity index is 488. The fourth-order valence-corrected chi connectivity index (χ4v) is 1.67. The normalized spacial score (nSPS) is 11.8. The predicted molar refractivity (Wildman–Crippen MR) is 74.1 cm³/mol. The Hall–Kier alpha value is -2.11. The molecule has 110 valence electrons. The van der Waals surface area contributed by atoms with Crippen LogP contribution in [-0.4, -0.2) is 29.6 Å². The predicted octanol–water partition coefficient (Wildman–Crippen LogP) is 1.86. The number of pyridine rings is 1. The largest absolute Gasteiger partial charge is 0.463 e. The number of aromatic nitrogens is 1. The first-order valence-electron chi connectivity index (χ1n) is 6.59. The number of ether oxygens (including phenoxy) is 2. The molecule has 6 heteroatoms. The summed E-state index contributed by atoms with van der Waals surface area (Å²) < 4.78 is 10.1. The number of nitrogen functional groups attached to an aromatic ring is 1. The molecule has 0 radical (unpaired) electrons. The van der Waals surface area contributed by atoms with Gasteiger partial charge in [0.15, 0.2) is 6.10 Å². The van der Waals surface area contributed by atoms with Crippen molar-refractivity contribution in [2.75, 3.05) is 12.3 Å². The van der Waals surface area contributed by atoms with E-state index in [2.05, 4.69) is 4.98 Å². The second kappa shape index (κ2) is 7.47. The van der Waals surface area contributed by atoms with E-state index in [4.69, 9.17) is 15.2 Å². The Balaban J connectivity index is 2.84. The zero-order valence-electron chi connectivity index (χ0n) is 12.0. The van der Waals surface area contributed by atoms with Crippen molar-refractivity contribution in [3.63, 3.8) is 0 Å². The summed E-state index contributed by atoms with van der Waals surface area (Å²) in [6, 6.07) is 1.48. The van der Waals surface area contributed by atoms with Crippen LogP contribution >= 0.6 is 0 Å². The van der Waals surface area contributed by atoms with Gasteiger partial charge in [0.25, 0.3) is 0 Å². The summed E-state index contributed by atoms with van der Waals surface area (Å²) in [7, 11) is 0. The summed E-state index contributed by atoms with van der Waals surface area (Å²) in [6.07, 6.45) is 1.68. The molecular formula is C14H20N2O4. The van der Waals surface area contributed by atoms with Crippen LogP contribution < -0.4 is 5.73 Å². The average molecular weight is 280 g/mol. The highest BCUT2D eigenvalue weighted by atomic mass is 16.6. The van der Waals surface area contributed by atoms with E-state index >= 15 is 0 Å². The second-order valence-electron chi connectivity index (χ2n) is 4.34. The van der Waals surface area contributed by atoms with E-state index in [0.29, 0.717) is 24.2 Å². The molecule has 6 nitrogen and oxygen atoms in total. The fraction of sp³-hybridized carbons (Fsp3) is 0.500. The average Bonchev–Trinajstić information content (AvgIpc) is 2.41. The maximum Gasteiger partial charge on any atom is 0.347 e. The third kappa shape index (κ3) is 4.22. The molecule has 2 N–H and O–H groups in total. The summed E-state index contributed by atoms with van der Waals surface area (Å²) in [4.78, 5) is 27.8. The fourth-order valence-electron chi connectivity index (χ4n) is 1.67. The second-order valence-corrected chi connectivity index (χ2v) is 4.34. The first-order chi connectivity index (χ1) is 9.49. The molecule has 1 aromatic rings. The lowest BCUT2D eigenvalue weighted by molar-refractivity contribution is -0.153. The number of nitrogens with zero attached hydrogens (tertiary/aromatic N) is 1. The van der Waals surface area contributed by atoms with E-state index in [1.165, 1.54) is 12.3 Å². The number of aryl methyl sites for hydroxylation is 1. The van der Waals surface area contributed by atoms with Gasteiger partial charge in [-0.25, -0.2) is 9.59 Å². The third-order valence-electron chi connectivity index (χ3n) is 2.68. The van der Waals surface area contributed by atoms with E-state index in [-0.39, 0.29) is 12.2 Å². The highest BCUT2D eigenvalue weighted by molar-refractivity contribution is 5.93. The lowest BCUT2D eigenvalue weighted by Crippen LogP contribution is -2.29. The van der Waals surface area contributed by atoms with Gasteiger partial charge in [-0.15, -0.1) is 0 Å². The summed E-state index contributed by atoms with van der Waals surface area (Å²) in [5.41, 5.74) is 6.73. The van der Waals surface area contributed by atoms with Crippen molar-refractivity contribution in [1.82, 2.24) is 4.98 Å².